The molecule has 1 unspecified atom stereocenters. The predicted octanol–water partition coefficient (Wildman–Crippen LogP) is 7.39. The van der Waals surface area contributed by atoms with Gasteiger partial charge in [-0.15, -0.1) is 0 Å². The van der Waals surface area contributed by atoms with Gasteiger partial charge in [-0.25, -0.2) is 4.98 Å². The number of benzene rings is 3. The lowest BCUT2D eigenvalue weighted by Gasteiger charge is -2.30. The summed E-state index contributed by atoms with van der Waals surface area (Å²) in [5.74, 6) is 0.375. The van der Waals surface area contributed by atoms with E-state index >= 15 is 0 Å². The van der Waals surface area contributed by atoms with Crippen molar-refractivity contribution in [2.75, 3.05) is 13.2 Å². The highest BCUT2D eigenvalue weighted by molar-refractivity contribution is 6.09. The highest BCUT2D eigenvalue weighted by atomic mass is 16.5. The number of rotatable bonds is 10. The van der Waals surface area contributed by atoms with Crippen LogP contribution in [0.1, 0.15) is 66.5 Å². The van der Waals surface area contributed by atoms with E-state index in [1.54, 1.807) is 0 Å². The number of hydrogen-bond acceptors (Lipinski definition) is 5. The van der Waals surface area contributed by atoms with Gasteiger partial charge in [0.25, 0.3) is 0 Å². The van der Waals surface area contributed by atoms with Crippen molar-refractivity contribution in [2.45, 2.75) is 65.5 Å². The molecule has 1 fully saturated rings. The molecule has 0 spiro atoms. The molecule has 1 aliphatic rings. The summed E-state index contributed by atoms with van der Waals surface area (Å²) in [7, 11) is 0. The van der Waals surface area contributed by atoms with E-state index < -0.39 is 0 Å². The van der Waals surface area contributed by atoms with Crippen LogP contribution in [0.25, 0.3) is 21.9 Å². The number of esters is 1. The third kappa shape index (κ3) is 6.50. The molecule has 0 aliphatic carbocycles. The summed E-state index contributed by atoms with van der Waals surface area (Å²) in [6, 6.07) is 26.8. The molecule has 3 aromatic carbocycles. The second kappa shape index (κ2) is 13.7. The molecule has 0 saturated carbocycles. The van der Waals surface area contributed by atoms with Crippen LogP contribution in [0.3, 0.4) is 0 Å². The van der Waals surface area contributed by atoms with E-state index in [0.717, 1.165) is 63.5 Å². The Balaban J connectivity index is 1.30. The molecule has 7 nitrogen and oxygen atoms in total. The summed E-state index contributed by atoms with van der Waals surface area (Å²) in [6.07, 6.45) is 2.84. The summed E-state index contributed by atoms with van der Waals surface area (Å²) in [6.45, 7) is 8.38. The lowest BCUT2D eigenvalue weighted by molar-refractivity contribution is -0.134. The van der Waals surface area contributed by atoms with Crippen molar-refractivity contribution in [3.05, 3.63) is 107 Å². The molecule has 1 N–H and O–H groups in total. The molecule has 1 amide bonds. The number of para-hydroxylation sites is 1. The van der Waals surface area contributed by atoms with E-state index in [-0.39, 0.29) is 23.7 Å². The minimum Gasteiger partial charge on any atom is -0.424 e. The van der Waals surface area contributed by atoms with Crippen LogP contribution in [-0.4, -0.2) is 34.6 Å². The normalized spacial score (nSPS) is 14.5. The van der Waals surface area contributed by atoms with Crippen molar-refractivity contribution in [3.8, 4) is 5.75 Å². The molecule has 1 saturated heterocycles. The van der Waals surface area contributed by atoms with Crippen molar-refractivity contribution >= 4 is 33.8 Å². The molecule has 0 radical (unpaired) electrons. The fourth-order valence-corrected chi connectivity index (χ4v) is 6.64. The van der Waals surface area contributed by atoms with Gasteiger partial charge in [0.15, 0.2) is 5.75 Å². The lowest BCUT2D eigenvalue weighted by atomic mass is 9.80. The first-order chi connectivity index (χ1) is 21.9. The van der Waals surface area contributed by atoms with Gasteiger partial charge >= 0.3 is 5.97 Å². The zero-order chi connectivity index (χ0) is 31.3. The molecule has 2 aromatic heterocycles. The topological polar surface area (TPSA) is 82.5 Å². The number of aromatic nitrogens is 2. The Kier molecular flexibility index (Phi) is 9.26. The number of ether oxygens (including phenoxy) is 2. The van der Waals surface area contributed by atoms with Gasteiger partial charge in [0.2, 0.25) is 5.91 Å². The third-order valence-corrected chi connectivity index (χ3v) is 8.94. The molecule has 1 aliphatic heterocycles. The summed E-state index contributed by atoms with van der Waals surface area (Å²) in [4.78, 5) is 31.0. The monoisotopic (exact) mass is 603 g/mol. The molecule has 0 bridgehead atoms. The van der Waals surface area contributed by atoms with Crippen molar-refractivity contribution < 1.29 is 19.1 Å². The summed E-state index contributed by atoms with van der Waals surface area (Å²) < 4.78 is 13.7. The summed E-state index contributed by atoms with van der Waals surface area (Å²) in [5, 5.41) is 5.28. The minimum absolute atomic E-state index is 0.0616. The predicted molar refractivity (Wildman–Crippen MR) is 177 cm³/mol. The van der Waals surface area contributed by atoms with Gasteiger partial charge in [-0.2, -0.15) is 0 Å². The Morgan fingerprint density at radius 3 is 2.40 bits per heavy atom. The van der Waals surface area contributed by atoms with Crippen LogP contribution < -0.4 is 10.1 Å². The van der Waals surface area contributed by atoms with Crippen LogP contribution in [0.15, 0.2) is 78.9 Å². The third-order valence-electron chi connectivity index (χ3n) is 8.94. The minimum atomic E-state index is -0.235. The number of fused-ring (bicyclic) bond motifs is 3. The Bertz CT molecular complexity index is 1800. The van der Waals surface area contributed by atoms with E-state index in [2.05, 4.69) is 46.3 Å². The van der Waals surface area contributed by atoms with Crippen LogP contribution in [-0.2, 0) is 27.4 Å². The first-order valence-electron chi connectivity index (χ1n) is 16.0. The molecule has 7 heteroatoms. The van der Waals surface area contributed by atoms with Crippen LogP contribution in [0.2, 0.25) is 0 Å². The number of carbonyl (C=O) groups is 2. The Hall–Kier alpha value is -4.49. The molecular weight excluding hydrogens is 562 g/mol. The van der Waals surface area contributed by atoms with Gasteiger partial charge < -0.3 is 19.4 Å². The van der Waals surface area contributed by atoms with Gasteiger partial charge in [0.1, 0.15) is 5.65 Å². The second-order valence-corrected chi connectivity index (χ2v) is 12.0. The van der Waals surface area contributed by atoms with Gasteiger partial charge in [-0.3, -0.25) is 9.59 Å². The highest BCUT2D eigenvalue weighted by Crippen LogP contribution is 2.37. The second-order valence-electron chi connectivity index (χ2n) is 12.0. The highest BCUT2D eigenvalue weighted by Gasteiger charge is 2.31. The van der Waals surface area contributed by atoms with Crippen LogP contribution in [0.5, 0.6) is 5.75 Å². The first kappa shape index (κ1) is 30.5. The maximum absolute atomic E-state index is 13.6. The molecule has 5 aromatic rings. The van der Waals surface area contributed by atoms with Crippen molar-refractivity contribution in [2.24, 2.45) is 5.92 Å². The number of pyridine rings is 1. The Labute approximate surface area is 264 Å². The molecule has 1 atom stereocenters. The van der Waals surface area contributed by atoms with Crippen molar-refractivity contribution in [1.29, 1.82) is 0 Å². The van der Waals surface area contributed by atoms with Crippen LogP contribution >= 0.6 is 0 Å². The fourth-order valence-electron chi connectivity index (χ4n) is 6.64. The molecule has 45 heavy (non-hydrogen) atoms. The van der Waals surface area contributed by atoms with Gasteiger partial charge in [-0.1, -0.05) is 79.7 Å². The Morgan fingerprint density at radius 1 is 0.956 bits per heavy atom. The SMILES string of the molecule is CCCC(=O)Oc1c(C)nc2c(c1C)c1ccccc1n2Cc1ccc(C(C(=O)NCc2ccccc2)C2CCOCC2)cc1. The number of hydrogen-bond donors (Lipinski definition) is 1. The molecule has 232 valence electrons. The van der Waals surface area contributed by atoms with Gasteiger partial charge in [0.05, 0.1) is 17.1 Å². The van der Waals surface area contributed by atoms with E-state index in [1.165, 1.54) is 0 Å². The van der Waals surface area contributed by atoms with E-state index in [0.29, 0.717) is 44.2 Å². The first-order valence-corrected chi connectivity index (χ1v) is 16.0. The number of aryl methyl sites for hydroxylation is 2. The van der Waals surface area contributed by atoms with E-state index in [1.807, 2.05) is 63.2 Å². The maximum atomic E-state index is 13.6. The van der Waals surface area contributed by atoms with Gasteiger partial charge in [0, 0.05) is 49.1 Å². The molecule has 3 heterocycles. The number of carbonyl (C=O) groups excluding carboxylic acids is 2. The zero-order valence-corrected chi connectivity index (χ0v) is 26.3. The van der Waals surface area contributed by atoms with Crippen LogP contribution in [0.4, 0.5) is 0 Å². The quantitative estimate of drug-likeness (QED) is 0.168. The average molecular weight is 604 g/mol. The smallest absolute Gasteiger partial charge is 0.311 e. The number of nitrogens with zero attached hydrogens (tertiary/aromatic N) is 2. The van der Waals surface area contributed by atoms with E-state index in [4.69, 9.17) is 14.5 Å². The lowest BCUT2D eigenvalue weighted by Crippen LogP contribution is -2.35. The van der Waals surface area contributed by atoms with Crippen molar-refractivity contribution in [3.63, 3.8) is 0 Å². The van der Waals surface area contributed by atoms with Gasteiger partial charge in [-0.05, 0) is 61.8 Å². The average Bonchev–Trinajstić information content (AvgIpc) is 3.37. The molecule has 6 rings (SSSR count). The number of nitrogens with one attached hydrogen (secondary N) is 1. The number of amides is 1. The zero-order valence-electron chi connectivity index (χ0n) is 26.3. The van der Waals surface area contributed by atoms with Crippen LogP contribution in [0, 0.1) is 19.8 Å². The molecular formula is C38H41N3O4. The largest absolute Gasteiger partial charge is 0.424 e. The maximum Gasteiger partial charge on any atom is 0.311 e. The standard InChI is InChI=1S/C38H41N3O4/c1-4-10-33(42)45-36-25(2)34-31-13-8-9-14-32(31)41(37(34)40-26(36)3)24-28-15-17-29(18-16-28)35(30-19-21-44-22-20-30)38(43)39-23-27-11-6-5-7-12-27/h5-9,11-18,30,35H,4,10,19-24H2,1-3H3,(H,39,43). The summed E-state index contributed by atoms with van der Waals surface area (Å²) >= 11 is 0. The van der Waals surface area contributed by atoms with Crippen molar-refractivity contribution in [1.82, 2.24) is 14.9 Å². The summed E-state index contributed by atoms with van der Waals surface area (Å²) in [5.41, 5.74) is 6.80. The fraction of sp³-hybridized carbons (Fsp3) is 0.342. The Morgan fingerprint density at radius 2 is 1.67 bits per heavy atom. The van der Waals surface area contributed by atoms with E-state index in [9.17, 15) is 9.59 Å².